The zero-order valence-electron chi connectivity index (χ0n) is 17.1. The standard InChI is InChI=1S/C21H26N2O5S/c1-21(2,3)15-5-8-17(9-6-15)23(29(4,25)26)14-20(24)22-16-7-10-18-19(13-16)28-12-11-27-18/h5-10,13H,11-12,14H2,1-4H3,(H,22,24). The van der Waals surface area contributed by atoms with Crippen molar-refractivity contribution in [2.24, 2.45) is 0 Å². The van der Waals surface area contributed by atoms with Gasteiger partial charge in [0.2, 0.25) is 15.9 Å². The number of fused-ring (bicyclic) bond motifs is 1. The molecule has 2 aromatic rings. The molecule has 0 saturated carbocycles. The maximum absolute atomic E-state index is 12.5. The van der Waals surface area contributed by atoms with Crippen molar-refractivity contribution in [2.45, 2.75) is 26.2 Å². The Kier molecular flexibility index (Phi) is 5.75. The smallest absolute Gasteiger partial charge is 0.245 e. The zero-order chi connectivity index (χ0) is 21.2. The minimum atomic E-state index is -3.64. The predicted octanol–water partition coefficient (Wildman–Crippen LogP) is 3.16. The van der Waals surface area contributed by atoms with Crippen molar-refractivity contribution in [1.82, 2.24) is 0 Å². The average Bonchev–Trinajstić information content (AvgIpc) is 2.64. The van der Waals surface area contributed by atoms with Gasteiger partial charge in [0.25, 0.3) is 0 Å². The molecule has 156 valence electrons. The summed E-state index contributed by atoms with van der Waals surface area (Å²) in [6.45, 7) is 6.83. The third-order valence-electron chi connectivity index (χ3n) is 4.53. The van der Waals surface area contributed by atoms with Crippen molar-refractivity contribution >= 4 is 27.3 Å². The molecule has 7 nitrogen and oxygen atoms in total. The summed E-state index contributed by atoms with van der Waals surface area (Å²) in [5, 5.41) is 2.72. The van der Waals surface area contributed by atoms with E-state index in [-0.39, 0.29) is 12.0 Å². The van der Waals surface area contributed by atoms with Crippen LogP contribution >= 0.6 is 0 Å². The van der Waals surface area contributed by atoms with Gasteiger partial charge in [-0.2, -0.15) is 0 Å². The number of hydrogen-bond donors (Lipinski definition) is 1. The molecule has 1 aliphatic heterocycles. The second kappa shape index (κ2) is 7.94. The molecule has 0 fully saturated rings. The van der Waals surface area contributed by atoms with Gasteiger partial charge in [-0.1, -0.05) is 32.9 Å². The van der Waals surface area contributed by atoms with Crippen LogP contribution < -0.4 is 19.1 Å². The fraction of sp³-hybridized carbons (Fsp3) is 0.381. The Labute approximate surface area is 171 Å². The Balaban J connectivity index is 1.76. The fourth-order valence-electron chi connectivity index (χ4n) is 2.98. The summed E-state index contributed by atoms with van der Waals surface area (Å²) in [5.74, 6) is 0.713. The van der Waals surface area contributed by atoms with E-state index in [1.807, 2.05) is 12.1 Å². The summed E-state index contributed by atoms with van der Waals surface area (Å²) >= 11 is 0. The molecule has 0 radical (unpaired) electrons. The Morgan fingerprint density at radius 2 is 1.66 bits per heavy atom. The van der Waals surface area contributed by atoms with Gasteiger partial charge < -0.3 is 14.8 Å². The van der Waals surface area contributed by atoms with Crippen molar-refractivity contribution in [2.75, 3.05) is 35.6 Å². The molecule has 0 saturated heterocycles. The number of carbonyl (C=O) groups excluding carboxylic acids is 1. The van der Waals surface area contributed by atoms with Gasteiger partial charge in [-0.3, -0.25) is 9.10 Å². The first-order valence-electron chi connectivity index (χ1n) is 9.32. The molecule has 1 N–H and O–H groups in total. The molecule has 0 unspecified atom stereocenters. The first-order valence-corrected chi connectivity index (χ1v) is 11.2. The van der Waals surface area contributed by atoms with Crippen LogP contribution in [-0.4, -0.2) is 40.3 Å². The summed E-state index contributed by atoms with van der Waals surface area (Å²) in [6.07, 6.45) is 1.09. The Bertz CT molecular complexity index is 995. The van der Waals surface area contributed by atoms with Gasteiger partial charge in [-0.25, -0.2) is 8.42 Å². The second-order valence-electron chi connectivity index (χ2n) is 7.97. The topological polar surface area (TPSA) is 84.9 Å². The van der Waals surface area contributed by atoms with E-state index in [1.165, 1.54) is 0 Å². The van der Waals surface area contributed by atoms with E-state index in [2.05, 4.69) is 26.1 Å². The second-order valence-corrected chi connectivity index (χ2v) is 9.88. The molecule has 0 aliphatic carbocycles. The largest absolute Gasteiger partial charge is 0.486 e. The van der Waals surface area contributed by atoms with Crippen LogP contribution in [-0.2, 0) is 20.2 Å². The van der Waals surface area contributed by atoms with Crippen LogP contribution in [0.25, 0.3) is 0 Å². The van der Waals surface area contributed by atoms with Gasteiger partial charge in [0.05, 0.1) is 11.9 Å². The van der Waals surface area contributed by atoms with Gasteiger partial charge >= 0.3 is 0 Å². The molecular formula is C21H26N2O5S. The van der Waals surface area contributed by atoms with E-state index in [0.717, 1.165) is 16.1 Å². The normalized spacial score (nSPS) is 13.7. The van der Waals surface area contributed by atoms with Crippen LogP contribution in [0.2, 0.25) is 0 Å². The first kappa shape index (κ1) is 21.0. The highest BCUT2D eigenvalue weighted by Gasteiger charge is 2.22. The molecule has 29 heavy (non-hydrogen) atoms. The van der Waals surface area contributed by atoms with Gasteiger partial charge in [0.1, 0.15) is 19.8 Å². The molecular weight excluding hydrogens is 392 g/mol. The monoisotopic (exact) mass is 418 g/mol. The number of amides is 1. The van der Waals surface area contributed by atoms with Crippen LogP contribution in [0.1, 0.15) is 26.3 Å². The van der Waals surface area contributed by atoms with E-state index in [0.29, 0.717) is 36.1 Å². The lowest BCUT2D eigenvalue weighted by atomic mass is 9.87. The molecule has 0 bridgehead atoms. The number of benzene rings is 2. The van der Waals surface area contributed by atoms with Gasteiger partial charge in [0, 0.05) is 11.8 Å². The van der Waals surface area contributed by atoms with Crippen LogP contribution in [0.15, 0.2) is 42.5 Å². The summed E-state index contributed by atoms with van der Waals surface area (Å²) < 4.78 is 36.7. The number of carbonyl (C=O) groups is 1. The fourth-order valence-corrected chi connectivity index (χ4v) is 3.84. The number of ether oxygens (including phenoxy) is 2. The van der Waals surface area contributed by atoms with Gasteiger partial charge in [-0.15, -0.1) is 0 Å². The van der Waals surface area contributed by atoms with E-state index in [9.17, 15) is 13.2 Å². The van der Waals surface area contributed by atoms with Crippen molar-refractivity contribution < 1.29 is 22.7 Å². The molecule has 0 aromatic heterocycles. The number of nitrogens with one attached hydrogen (secondary N) is 1. The van der Waals surface area contributed by atoms with E-state index >= 15 is 0 Å². The summed E-state index contributed by atoms with van der Waals surface area (Å²) in [6, 6.07) is 12.3. The number of rotatable bonds is 5. The lowest BCUT2D eigenvalue weighted by molar-refractivity contribution is -0.114. The van der Waals surface area contributed by atoms with Crippen molar-refractivity contribution in [3.63, 3.8) is 0 Å². The summed E-state index contributed by atoms with van der Waals surface area (Å²) in [4.78, 5) is 12.5. The maximum Gasteiger partial charge on any atom is 0.245 e. The van der Waals surface area contributed by atoms with Crippen molar-refractivity contribution in [3.05, 3.63) is 48.0 Å². The number of nitrogens with zero attached hydrogens (tertiary/aromatic N) is 1. The SMILES string of the molecule is CC(C)(C)c1ccc(N(CC(=O)Nc2ccc3c(c2)OCCO3)S(C)(=O)=O)cc1. The first-order chi connectivity index (χ1) is 13.5. The lowest BCUT2D eigenvalue weighted by Gasteiger charge is -2.24. The minimum Gasteiger partial charge on any atom is -0.486 e. The third kappa shape index (κ3) is 5.20. The minimum absolute atomic E-state index is 0.0515. The van der Waals surface area contributed by atoms with Crippen LogP contribution in [0, 0.1) is 0 Å². The van der Waals surface area contributed by atoms with Gasteiger partial charge in [-0.05, 0) is 35.2 Å². The Morgan fingerprint density at radius 1 is 1.03 bits per heavy atom. The van der Waals surface area contributed by atoms with E-state index < -0.39 is 15.9 Å². The molecule has 0 spiro atoms. The van der Waals surface area contributed by atoms with E-state index in [1.54, 1.807) is 30.3 Å². The highest BCUT2D eigenvalue weighted by Crippen LogP contribution is 2.32. The molecule has 0 atom stereocenters. The summed E-state index contributed by atoms with van der Waals surface area (Å²) in [7, 11) is -3.64. The van der Waals surface area contributed by atoms with Gasteiger partial charge in [0.15, 0.2) is 11.5 Å². The Hall–Kier alpha value is -2.74. The number of hydrogen-bond acceptors (Lipinski definition) is 5. The zero-order valence-corrected chi connectivity index (χ0v) is 17.9. The molecule has 1 amide bonds. The van der Waals surface area contributed by atoms with Crippen molar-refractivity contribution in [3.8, 4) is 11.5 Å². The third-order valence-corrected chi connectivity index (χ3v) is 5.68. The average molecular weight is 419 g/mol. The molecule has 1 aliphatic rings. The molecule has 2 aromatic carbocycles. The maximum atomic E-state index is 12.5. The number of sulfonamides is 1. The van der Waals surface area contributed by atoms with Crippen LogP contribution in [0.4, 0.5) is 11.4 Å². The van der Waals surface area contributed by atoms with Crippen molar-refractivity contribution in [1.29, 1.82) is 0 Å². The lowest BCUT2D eigenvalue weighted by Crippen LogP contribution is -2.37. The molecule has 1 heterocycles. The number of anilines is 2. The Morgan fingerprint density at radius 3 is 2.24 bits per heavy atom. The van der Waals surface area contributed by atoms with Crippen LogP contribution in [0.5, 0.6) is 11.5 Å². The molecule has 8 heteroatoms. The summed E-state index contributed by atoms with van der Waals surface area (Å²) in [5.41, 5.74) is 1.98. The highest BCUT2D eigenvalue weighted by molar-refractivity contribution is 7.92. The molecule has 3 rings (SSSR count). The quantitative estimate of drug-likeness (QED) is 0.806. The predicted molar refractivity (Wildman–Crippen MR) is 113 cm³/mol. The highest BCUT2D eigenvalue weighted by atomic mass is 32.2. The van der Waals surface area contributed by atoms with E-state index in [4.69, 9.17) is 9.47 Å². The van der Waals surface area contributed by atoms with Crippen LogP contribution in [0.3, 0.4) is 0 Å².